The van der Waals surface area contributed by atoms with Gasteiger partial charge in [0.05, 0.1) is 10.7 Å². The van der Waals surface area contributed by atoms with Gasteiger partial charge in [0, 0.05) is 23.0 Å². The van der Waals surface area contributed by atoms with Gasteiger partial charge in [0.25, 0.3) is 10.0 Å². The maximum atomic E-state index is 12.6. The van der Waals surface area contributed by atoms with Crippen molar-refractivity contribution < 1.29 is 13.2 Å². The number of nitrogens with zero attached hydrogens (tertiary/aromatic N) is 4. The van der Waals surface area contributed by atoms with Crippen LogP contribution in [0.2, 0.25) is 10.0 Å². The third-order valence-corrected chi connectivity index (χ3v) is 6.19. The number of hydrogen-bond donors (Lipinski definition) is 1. The highest BCUT2D eigenvalue weighted by Gasteiger charge is 2.18. The van der Waals surface area contributed by atoms with E-state index in [1.165, 1.54) is 18.2 Å². The predicted molar refractivity (Wildman–Crippen MR) is 118 cm³/mol. The van der Waals surface area contributed by atoms with E-state index in [9.17, 15) is 8.42 Å². The topological polar surface area (TPSA) is 99.0 Å². The van der Waals surface area contributed by atoms with Crippen LogP contribution >= 0.6 is 23.2 Å². The normalized spacial score (nSPS) is 11.3. The monoisotopic (exact) mass is 475 g/mol. The van der Waals surface area contributed by atoms with Crippen LogP contribution in [-0.2, 0) is 10.0 Å². The molecule has 158 valence electrons. The summed E-state index contributed by atoms with van der Waals surface area (Å²) in [6, 6.07) is 15.8. The van der Waals surface area contributed by atoms with E-state index in [1.807, 2.05) is 13.0 Å². The highest BCUT2D eigenvalue weighted by molar-refractivity contribution is 7.92. The number of aromatic nitrogens is 4. The first kappa shape index (κ1) is 21.1. The number of ether oxygens (including phenoxy) is 1. The van der Waals surface area contributed by atoms with E-state index in [-0.39, 0.29) is 20.8 Å². The largest absolute Gasteiger partial charge is 0.438 e. The van der Waals surface area contributed by atoms with E-state index in [4.69, 9.17) is 27.9 Å². The molecule has 0 unspecified atom stereocenters. The van der Waals surface area contributed by atoms with Crippen molar-refractivity contribution in [2.45, 2.75) is 11.8 Å². The molecule has 1 N–H and O–H groups in total. The fourth-order valence-corrected chi connectivity index (χ4v) is 4.46. The summed E-state index contributed by atoms with van der Waals surface area (Å²) in [5.74, 6) is 1.30. The molecule has 0 spiro atoms. The summed E-state index contributed by atoms with van der Waals surface area (Å²) in [7, 11) is -3.91. The maximum absolute atomic E-state index is 12.6. The number of hydrogen-bond acceptors (Lipinski definition) is 6. The van der Waals surface area contributed by atoms with Gasteiger partial charge >= 0.3 is 0 Å². The first-order chi connectivity index (χ1) is 14.8. The Morgan fingerprint density at radius 3 is 2.39 bits per heavy atom. The van der Waals surface area contributed by atoms with Crippen LogP contribution < -0.4 is 9.46 Å². The van der Waals surface area contributed by atoms with Crippen molar-refractivity contribution in [3.05, 3.63) is 82.6 Å². The molecule has 0 radical (unpaired) electrons. The Hall–Kier alpha value is -3.14. The van der Waals surface area contributed by atoms with Gasteiger partial charge in [-0.05, 0) is 61.5 Å². The van der Waals surface area contributed by atoms with Crippen LogP contribution in [0.15, 0.2) is 71.8 Å². The van der Waals surface area contributed by atoms with E-state index in [1.54, 1.807) is 47.3 Å². The third-order valence-electron chi connectivity index (χ3n) is 4.09. The van der Waals surface area contributed by atoms with Gasteiger partial charge in [-0.25, -0.2) is 13.1 Å². The zero-order valence-electron chi connectivity index (χ0n) is 16.0. The van der Waals surface area contributed by atoms with Gasteiger partial charge in [0.2, 0.25) is 5.88 Å². The molecule has 8 nitrogen and oxygen atoms in total. The minimum absolute atomic E-state index is 0.0733. The van der Waals surface area contributed by atoms with Crippen molar-refractivity contribution in [3.63, 3.8) is 0 Å². The van der Waals surface area contributed by atoms with Crippen molar-refractivity contribution in [1.29, 1.82) is 0 Å². The Morgan fingerprint density at radius 2 is 1.74 bits per heavy atom. The van der Waals surface area contributed by atoms with E-state index in [2.05, 4.69) is 20.0 Å². The molecule has 0 fully saturated rings. The quantitative estimate of drug-likeness (QED) is 0.426. The second-order valence-corrected chi connectivity index (χ2v) is 8.93. The molecule has 2 aromatic carbocycles. The molecule has 0 aliphatic heterocycles. The zero-order chi connectivity index (χ0) is 22.0. The molecule has 0 bridgehead atoms. The van der Waals surface area contributed by atoms with Crippen molar-refractivity contribution in [2.24, 2.45) is 0 Å². The molecule has 0 aliphatic rings. The second-order valence-electron chi connectivity index (χ2n) is 6.44. The van der Waals surface area contributed by atoms with Gasteiger partial charge in [0.1, 0.15) is 10.6 Å². The van der Waals surface area contributed by atoms with Gasteiger partial charge in [-0.1, -0.05) is 23.2 Å². The highest BCUT2D eigenvalue weighted by atomic mass is 35.5. The summed E-state index contributed by atoms with van der Waals surface area (Å²) >= 11 is 11.9. The predicted octanol–water partition coefficient (Wildman–Crippen LogP) is 4.87. The fourth-order valence-electron chi connectivity index (χ4n) is 2.64. The van der Waals surface area contributed by atoms with Crippen LogP contribution in [0.25, 0.3) is 5.82 Å². The van der Waals surface area contributed by atoms with Crippen LogP contribution in [0.3, 0.4) is 0 Å². The summed E-state index contributed by atoms with van der Waals surface area (Å²) in [4.78, 5) is -0.107. The van der Waals surface area contributed by atoms with Crippen molar-refractivity contribution in [3.8, 4) is 17.4 Å². The molecule has 4 aromatic rings. The Labute approximate surface area is 188 Å². The van der Waals surface area contributed by atoms with Crippen LogP contribution in [0.1, 0.15) is 5.69 Å². The minimum Gasteiger partial charge on any atom is -0.438 e. The number of benzene rings is 2. The number of halogens is 2. The maximum Gasteiger partial charge on any atom is 0.263 e. The number of rotatable bonds is 6. The second kappa shape index (κ2) is 8.54. The lowest BCUT2D eigenvalue weighted by molar-refractivity contribution is 0.454. The standard InChI is InChI=1S/C20H15Cl2N5O3S/c1-13-10-11-27(25-13)19-8-9-20(24-23-19)30-16-5-3-15(4-6-16)26-31(28,29)18-12-14(21)2-7-17(18)22/h2-12,26H,1H3. The minimum atomic E-state index is -3.91. The van der Waals surface area contributed by atoms with Gasteiger partial charge in [0.15, 0.2) is 5.82 Å². The van der Waals surface area contributed by atoms with E-state index in [0.29, 0.717) is 17.3 Å². The molecular weight excluding hydrogens is 461 g/mol. The van der Waals surface area contributed by atoms with Crippen molar-refractivity contribution in [2.75, 3.05) is 4.72 Å². The molecule has 2 aromatic heterocycles. The average Bonchev–Trinajstić information content (AvgIpc) is 3.18. The molecule has 4 rings (SSSR count). The average molecular weight is 476 g/mol. The summed E-state index contributed by atoms with van der Waals surface area (Å²) < 4.78 is 34.9. The molecule has 0 saturated carbocycles. The van der Waals surface area contributed by atoms with Gasteiger partial charge in [-0.15, -0.1) is 10.2 Å². The lowest BCUT2D eigenvalue weighted by Gasteiger charge is -2.11. The molecule has 0 atom stereocenters. The molecule has 0 aliphatic carbocycles. The molecule has 0 amide bonds. The zero-order valence-corrected chi connectivity index (χ0v) is 18.4. The van der Waals surface area contributed by atoms with Crippen molar-refractivity contribution >= 4 is 38.9 Å². The SMILES string of the molecule is Cc1ccn(-c2ccc(Oc3ccc(NS(=O)(=O)c4cc(Cl)ccc4Cl)cc3)nn2)n1. The molecule has 2 heterocycles. The van der Waals surface area contributed by atoms with Crippen LogP contribution in [0.5, 0.6) is 11.6 Å². The van der Waals surface area contributed by atoms with Crippen LogP contribution in [0.4, 0.5) is 5.69 Å². The van der Waals surface area contributed by atoms with Crippen LogP contribution in [0, 0.1) is 6.92 Å². The van der Waals surface area contributed by atoms with Crippen LogP contribution in [-0.4, -0.2) is 28.4 Å². The number of nitrogens with one attached hydrogen (secondary N) is 1. The number of sulfonamides is 1. The number of aryl methyl sites for hydroxylation is 1. The van der Waals surface area contributed by atoms with Gasteiger partial charge < -0.3 is 4.74 Å². The Morgan fingerprint density at radius 1 is 0.968 bits per heavy atom. The Kier molecular flexibility index (Phi) is 5.81. The first-order valence-corrected chi connectivity index (χ1v) is 11.2. The third kappa shape index (κ3) is 4.96. The van der Waals surface area contributed by atoms with E-state index < -0.39 is 10.0 Å². The fraction of sp³-hybridized carbons (Fsp3) is 0.0500. The molecule has 31 heavy (non-hydrogen) atoms. The van der Waals surface area contributed by atoms with Crippen molar-refractivity contribution in [1.82, 2.24) is 20.0 Å². The van der Waals surface area contributed by atoms with E-state index in [0.717, 1.165) is 5.69 Å². The first-order valence-electron chi connectivity index (χ1n) is 8.92. The smallest absolute Gasteiger partial charge is 0.263 e. The van der Waals surface area contributed by atoms with E-state index >= 15 is 0 Å². The lowest BCUT2D eigenvalue weighted by Crippen LogP contribution is -2.13. The summed E-state index contributed by atoms with van der Waals surface area (Å²) in [6.45, 7) is 1.88. The lowest BCUT2D eigenvalue weighted by atomic mass is 10.3. The molecule has 11 heteroatoms. The number of anilines is 1. The summed E-state index contributed by atoms with van der Waals surface area (Å²) in [5, 5.41) is 12.7. The Balaban J connectivity index is 1.45. The van der Waals surface area contributed by atoms with Gasteiger partial charge in [-0.3, -0.25) is 4.72 Å². The summed E-state index contributed by atoms with van der Waals surface area (Å²) in [5.41, 5.74) is 1.20. The molecular formula is C20H15Cl2N5O3S. The van der Waals surface area contributed by atoms with Gasteiger partial charge in [-0.2, -0.15) is 5.10 Å². The highest BCUT2D eigenvalue weighted by Crippen LogP contribution is 2.28. The molecule has 0 saturated heterocycles. The Bertz CT molecular complexity index is 1320. The summed E-state index contributed by atoms with van der Waals surface area (Å²) in [6.07, 6.45) is 1.79.